The zero-order valence-electron chi connectivity index (χ0n) is 8.75. The number of hydrogen-bond donors (Lipinski definition) is 2. The topological polar surface area (TPSA) is 56.8 Å². The quantitative estimate of drug-likeness (QED) is 0.712. The molecule has 0 radical (unpaired) electrons. The van der Waals surface area contributed by atoms with Gasteiger partial charge in [0.15, 0.2) is 0 Å². The summed E-state index contributed by atoms with van der Waals surface area (Å²) in [6.45, 7) is 4.02. The maximum atomic E-state index is 4.32. The highest BCUT2D eigenvalue weighted by Crippen LogP contribution is 2.15. The molecule has 0 aliphatic carbocycles. The molecule has 2 N–H and O–H groups in total. The lowest BCUT2D eigenvalue weighted by Gasteiger charge is -2.30. The van der Waals surface area contributed by atoms with Crippen LogP contribution in [0.5, 0.6) is 0 Å². The second-order valence-electron chi connectivity index (χ2n) is 3.77. The van der Waals surface area contributed by atoms with Crippen LogP contribution in [0.2, 0.25) is 0 Å². The highest BCUT2D eigenvalue weighted by Gasteiger charge is 2.19. The molecule has 5 nitrogen and oxygen atoms in total. The Morgan fingerprint density at radius 1 is 1.43 bits per heavy atom. The first-order valence-electron chi connectivity index (χ1n) is 5.11. The van der Waals surface area contributed by atoms with Gasteiger partial charge in [0, 0.05) is 19.1 Å². The average molecular weight is 195 g/mol. The maximum absolute atomic E-state index is 4.32. The largest absolute Gasteiger partial charge is 0.339 e. The summed E-state index contributed by atoms with van der Waals surface area (Å²) in [7, 11) is 2.03. The van der Waals surface area contributed by atoms with Crippen molar-refractivity contribution in [2.75, 3.05) is 25.0 Å². The maximum Gasteiger partial charge on any atom is 0.244 e. The Balaban J connectivity index is 1.95. The van der Waals surface area contributed by atoms with E-state index in [1.54, 1.807) is 0 Å². The Labute approximate surface area is 83.9 Å². The molecule has 1 fully saturated rings. The molecular weight excluding hydrogens is 178 g/mol. The predicted octanol–water partition coefficient (Wildman–Crippen LogP) is 0.301. The lowest BCUT2D eigenvalue weighted by atomic mass is 10.1. The number of nitrogens with one attached hydrogen (secondary N) is 2. The number of hydrogen-bond acceptors (Lipinski definition) is 4. The molecule has 0 spiro atoms. The van der Waals surface area contributed by atoms with E-state index in [-0.39, 0.29) is 0 Å². The van der Waals surface area contributed by atoms with Gasteiger partial charge in [0.1, 0.15) is 5.82 Å². The van der Waals surface area contributed by atoms with Crippen LogP contribution in [-0.4, -0.2) is 41.4 Å². The van der Waals surface area contributed by atoms with E-state index in [0.29, 0.717) is 6.04 Å². The van der Waals surface area contributed by atoms with Crippen molar-refractivity contribution in [1.82, 2.24) is 20.5 Å². The molecule has 14 heavy (non-hydrogen) atoms. The molecule has 78 valence electrons. The Morgan fingerprint density at radius 3 is 2.64 bits per heavy atom. The summed E-state index contributed by atoms with van der Waals surface area (Å²) >= 11 is 0. The van der Waals surface area contributed by atoms with Crippen LogP contribution in [0.15, 0.2) is 0 Å². The number of aromatic nitrogens is 3. The van der Waals surface area contributed by atoms with E-state index in [4.69, 9.17) is 0 Å². The third-order valence-electron chi connectivity index (χ3n) is 2.77. The van der Waals surface area contributed by atoms with Crippen molar-refractivity contribution in [2.24, 2.45) is 0 Å². The highest BCUT2D eigenvalue weighted by molar-refractivity contribution is 5.29. The predicted molar refractivity (Wildman–Crippen MR) is 55.4 cm³/mol. The lowest BCUT2D eigenvalue weighted by Crippen LogP contribution is -2.41. The van der Waals surface area contributed by atoms with Crippen LogP contribution in [0.3, 0.4) is 0 Å². The fourth-order valence-electron chi connectivity index (χ4n) is 1.84. The van der Waals surface area contributed by atoms with Gasteiger partial charge in [-0.1, -0.05) is 0 Å². The van der Waals surface area contributed by atoms with Gasteiger partial charge in [-0.15, -0.1) is 5.10 Å². The SMILES string of the molecule is CNC1CCN(c2n[nH]c(C)n2)CC1. The first-order valence-corrected chi connectivity index (χ1v) is 5.11. The zero-order chi connectivity index (χ0) is 9.97. The van der Waals surface area contributed by atoms with Gasteiger partial charge in [-0.05, 0) is 26.8 Å². The smallest absolute Gasteiger partial charge is 0.244 e. The fraction of sp³-hybridized carbons (Fsp3) is 0.778. The first kappa shape index (κ1) is 9.45. The van der Waals surface area contributed by atoms with Gasteiger partial charge < -0.3 is 10.2 Å². The highest BCUT2D eigenvalue weighted by atomic mass is 15.4. The number of rotatable bonds is 2. The number of nitrogens with zero attached hydrogens (tertiary/aromatic N) is 3. The van der Waals surface area contributed by atoms with Gasteiger partial charge in [-0.3, -0.25) is 5.10 Å². The van der Waals surface area contributed by atoms with Gasteiger partial charge in [0.25, 0.3) is 0 Å². The first-order chi connectivity index (χ1) is 6.79. The molecule has 2 rings (SSSR count). The standard InChI is InChI=1S/C9H17N5/c1-7-11-9(13-12-7)14-5-3-8(10-2)4-6-14/h8,10H,3-6H2,1-2H3,(H,11,12,13). The van der Waals surface area contributed by atoms with E-state index in [2.05, 4.69) is 25.4 Å². The van der Waals surface area contributed by atoms with Crippen molar-refractivity contribution in [3.05, 3.63) is 5.82 Å². The molecule has 0 atom stereocenters. The molecule has 0 aromatic carbocycles. The second-order valence-corrected chi connectivity index (χ2v) is 3.77. The van der Waals surface area contributed by atoms with Gasteiger partial charge in [0.05, 0.1) is 0 Å². The average Bonchev–Trinajstić information content (AvgIpc) is 2.65. The molecule has 1 aliphatic rings. The number of anilines is 1. The van der Waals surface area contributed by atoms with Crippen LogP contribution in [0.4, 0.5) is 5.95 Å². The Hall–Kier alpha value is -1.10. The molecule has 2 heterocycles. The molecule has 1 aromatic rings. The monoisotopic (exact) mass is 195 g/mol. The van der Waals surface area contributed by atoms with Crippen LogP contribution < -0.4 is 10.2 Å². The van der Waals surface area contributed by atoms with Crippen LogP contribution in [0.1, 0.15) is 18.7 Å². The van der Waals surface area contributed by atoms with E-state index in [0.717, 1.165) is 24.9 Å². The summed E-state index contributed by atoms with van der Waals surface area (Å²) in [6.07, 6.45) is 2.34. The molecule has 1 aromatic heterocycles. The fourth-order valence-corrected chi connectivity index (χ4v) is 1.84. The van der Waals surface area contributed by atoms with Crippen LogP contribution >= 0.6 is 0 Å². The minimum absolute atomic E-state index is 0.659. The molecule has 0 amide bonds. The van der Waals surface area contributed by atoms with Gasteiger partial charge >= 0.3 is 0 Å². The van der Waals surface area contributed by atoms with Crippen molar-refractivity contribution >= 4 is 5.95 Å². The van der Waals surface area contributed by atoms with E-state index in [9.17, 15) is 0 Å². The number of H-pyrrole nitrogens is 1. The molecular formula is C9H17N5. The minimum atomic E-state index is 0.659. The molecule has 1 saturated heterocycles. The van der Waals surface area contributed by atoms with Crippen molar-refractivity contribution in [3.63, 3.8) is 0 Å². The van der Waals surface area contributed by atoms with Gasteiger partial charge in [0.2, 0.25) is 5.95 Å². The molecule has 1 aliphatic heterocycles. The summed E-state index contributed by atoms with van der Waals surface area (Å²) in [5, 5.41) is 10.3. The third-order valence-corrected chi connectivity index (χ3v) is 2.77. The van der Waals surface area contributed by atoms with Crippen molar-refractivity contribution in [1.29, 1.82) is 0 Å². The Morgan fingerprint density at radius 2 is 2.14 bits per heavy atom. The van der Waals surface area contributed by atoms with Crippen LogP contribution in [0.25, 0.3) is 0 Å². The zero-order valence-corrected chi connectivity index (χ0v) is 8.75. The van der Waals surface area contributed by atoms with Gasteiger partial charge in [-0.25, -0.2) is 0 Å². The van der Waals surface area contributed by atoms with Gasteiger partial charge in [-0.2, -0.15) is 4.98 Å². The van der Waals surface area contributed by atoms with E-state index < -0.39 is 0 Å². The number of aryl methyl sites for hydroxylation is 1. The normalized spacial score (nSPS) is 18.9. The molecule has 0 bridgehead atoms. The summed E-state index contributed by atoms with van der Waals surface area (Å²) in [4.78, 5) is 6.56. The molecule has 0 saturated carbocycles. The lowest BCUT2D eigenvalue weighted by molar-refractivity contribution is 0.439. The van der Waals surface area contributed by atoms with Crippen molar-refractivity contribution in [3.8, 4) is 0 Å². The van der Waals surface area contributed by atoms with Crippen molar-refractivity contribution in [2.45, 2.75) is 25.8 Å². The van der Waals surface area contributed by atoms with Crippen LogP contribution in [0, 0.1) is 6.92 Å². The Bertz CT molecular complexity index is 287. The summed E-state index contributed by atoms with van der Waals surface area (Å²) in [5.74, 6) is 1.73. The van der Waals surface area contributed by atoms with E-state index >= 15 is 0 Å². The summed E-state index contributed by atoms with van der Waals surface area (Å²) < 4.78 is 0. The summed E-state index contributed by atoms with van der Waals surface area (Å²) in [5.41, 5.74) is 0. The second kappa shape index (κ2) is 3.96. The third kappa shape index (κ3) is 1.87. The van der Waals surface area contributed by atoms with E-state index in [1.165, 1.54) is 12.8 Å². The number of piperidine rings is 1. The Kier molecular flexibility index (Phi) is 2.67. The van der Waals surface area contributed by atoms with Crippen LogP contribution in [-0.2, 0) is 0 Å². The molecule has 5 heteroatoms. The molecule has 0 unspecified atom stereocenters. The van der Waals surface area contributed by atoms with Crippen molar-refractivity contribution < 1.29 is 0 Å². The summed E-state index contributed by atoms with van der Waals surface area (Å²) in [6, 6.07) is 0.659. The minimum Gasteiger partial charge on any atom is -0.339 e. The number of aromatic amines is 1. The van der Waals surface area contributed by atoms with E-state index in [1.807, 2.05) is 14.0 Å².